The van der Waals surface area contributed by atoms with Gasteiger partial charge in [-0.2, -0.15) is 0 Å². The number of H-pyrrole nitrogens is 1. The molecule has 0 unspecified atom stereocenters. The lowest BCUT2D eigenvalue weighted by Crippen LogP contribution is -2.17. The molecule has 1 atom stereocenters. The molecule has 0 spiro atoms. The van der Waals surface area contributed by atoms with Crippen LogP contribution >= 0.6 is 0 Å². The van der Waals surface area contributed by atoms with E-state index in [1.807, 2.05) is 6.92 Å². The van der Waals surface area contributed by atoms with Crippen LogP contribution in [0.15, 0.2) is 56.6 Å². The highest BCUT2D eigenvalue weighted by Crippen LogP contribution is 2.35. The summed E-state index contributed by atoms with van der Waals surface area (Å²) in [4.78, 5) is 21.3. The quantitative estimate of drug-likeness (QED) is 0.686. The molecule has 7 nitrogen and oxygen atoms in total. The predicted molar refractivity (Wildman–Crippen MR) is 108 cm³/mol. The lowest BCUT2D eigenvalue weighted by atomic mass is 10.1. The van der Waals surface area contributed by atoms with E-state index in [1.165, 1.54) is 4.68 Å². The van der Waals surface area contributed by atoms with Gasteiger partial charge < -0.3 is 0 Å². The van der Waals surface area contributed by atoms with Crippen LogP contribution in [-0.2, 0) is 9.73 Å². The Bertz CT molecular complexity index is 1250. The van der Waals surface area contributed by atoms with Gasteiger partial charge >= 0.3 is 0 Å². The first kappa shape index (κ1) is 18.2. The molecule has 0 aliphatic heterocycles. The molecule has 1 aliphatic rings. The number of nitrogens with zero attached hydrogens (tertiary/aromatic N) is 4. The van der Waals surface area contributed by atoms with Crippen molar-refractivity contribution in [3.63, 3.8) is 0 Å². The van der Waals surface area contributed by atoms with Gasteiger partial charge in [-0.1, -0.05) is 24.3 Å². The van der Waals surface area contributed by atoms with E-state index in [-0.39, 0.29) is 10.8 Å². The summed E-state index contributed by atoms with van der Waals surface area (Å²) in [5.41, 5.74) is 2.28. The minimum Gasteiger partial charge on any atom is -0.293 e. The van der Waals surface area contributed by atoms with Gasteiger partial charge in [-0.3, -0.25) is 9.89 Å². The molecule has 8 heteroatoms. The maximum Gasteiger partial charge on any atom is 0.280 e. The number of benzene rings is 1. The van der Waals surface area contributed by atoms with Gasteiger partial charge in [0.2, 0.25) is 0 Å². The van der Waals surface area contributed by atoms with Crippen molar-refractivity contribution in [3.05, 3.63) is 70.1 Å². The highest BCUT2D eigenvalue weighted by molar-refractivity contribution is 7.94. The van der Waals surface area contributed by atoms with E-state index >= 15 is 0 Å². The molecular weight excluding hydrogens is 374 g/mol. The zero-order valence-corrected chi connectivity index (χ0v) is 16.4. The van der Waals surface area contributed by atoms with Gasteiger partial charge in [-0.25, -0.2) is 23.1 Å². The molecule has 1 aromatic carbocycles. The van der Waals surface area contributed by atoms with E-state index in [1.54, 1.807) is 49.6 Å². The monoisotopic (exact) mass is 393 g/mol. The third-order valence-corrected chi connectivity index (χ3v) is 7.73. The summed E-state index contributed by atoms with van der Waals surface area (Å²) in [6.45, 7) is 8.86. The summed E-state index contributed by atoms with van der Waals surface area (Å²) in [5.74, 6) is 0.425. The smallest absolute Gasteiger partial charge is 0.280 e. The Kier molecular flexibility index (Phi) is 4.40. The SMILES string of the molecule is [C-]#[N+]c1ccc(-c2c(C)[nH]n(-c3ccc([S@@](=O)(=NC)C4CC4)cn3)c2=O)cc1. The summed E-state index contributed by atoms with van der Waals surface area (Å²) in [5, 5.41) is 3.15. The molecular formula is C20H19N5O2S. The highest BCUT2D eigenvalue weighted by atomic mass is 32.2. The van der Waals surface area contributed by atoms with Gasteiger partial charge in [0.25, 0.3) is 5.56 Å². The van der Waals surface area contributed by atoms with Crippen LogP contribution in [-0.4, -0.2) is 31.3 Å². The Balaban J connectivity index is 1.74. The summed E-state index contributed by atoms with van der Waals surface area (Å²) < 4.78 is 18.5. The zero-order valence-electron chi connectivity index (χ0n) is 15.5. The Labute approximate surface area is 163 Å². The lowest BCUT2D eigenvalue weighted by Gasteiger charge is -2.08. The number of aryl methyl sites for hydroxylation is 1. The van der Waals surface area contributed by atoms with Crippen LogP contribution in [0.5, 0.6) is 0 Å². The zero-order chi connectivity index (χ0) is 19.9. The van der Waals surface area contributed by atoms with Crippen molar-refractivity contribution in [1.29, 1.82) is 0 Å². The Morgan fingerprint density at radius 2 is 1.96 bits per heavy atom. The number of pyridine rings is 1. The first-order valence-corrected chi connectivity index (χ1v) is 10.5. The molecule has 1 fully saturated rings. The van der Waals surface area contributed by atoms with Crippen LogP contribution in [0.2, 0.25) is 0 Å². The van der Waals surface area contributed by atoms with Crippen molar-refractivity contribution in [2.24, 2.45) is 4.36 Å². The average Bonchev–Trinajstić information content (AvgIpc) is 3.54. The number of nitrogens with one attached hydrogen (secondary N) is 1. The standard InChI is InChI=1S/C20H19N5O2S/c1-13-19(14-4-6-15(21-2)7-5-14)20(26)25(24-13)18-11-10-17(12-23-18)28(27,22-3)16-8-9-16/h4-7,10-12,16,24H,8-9H2,1,3H3/t28-/m1/s1. The maximum atomic E-state index is 13.0. The molecule has 0 amide bonds. The molecule has 4 rings (SSSR count). The summed E-state index contributed by atoms with van der Waals surface area (Å²) >= 11 is 0. The Morgan fingerprint density at radius 3 is 2.50 bits per heavy atom. The van der Waals surface area contributed by atoms with Crippen LogP contribution in [0.25, 0.3) is 21.8 Å². The van der Waals surface area contributed by atoms with E-state index in [2.05, 4.69) is 19.3 Å². The Morgan fingerprint density at radius 1 is 1.25 bits per heavy atom. The van der Waals surface area contributed by atoms with Gasteiger partial charge in [-0.05, 0) is 37.5 Å². The van der Waals surface area contributed by atoms with Crippen LogP contribution in [0.3, 0.4) is 0 Å². The van der Waals surface area contributed by atoms with Crippen molar-refractivity contribution >= 4 is 15.4 Å². The van der Waals surface area contributed by atoms with Crippen molar-refractivity contribution in [2.75, 3.05) is 7.05 Å². The normalized spacial score (nSPS) is 15.6. The molecule has 28 heavy (non-hydrogen) atoms. The van der Waals surface area contributed by atoms with E-state index in [0.717, 1.165) is 18.4 Å². The maximum absolute atomic E-state index is 13.0. The van der Waals surface area contributed by atoms with Gasteiger partial charge in [0.1, 0.15) is 0 Å². The van der Waals surface area contributed by atoms with Gasteiger partial charge in [0, 0.05) is 24.2 Å². The molecule has 3 aromatic rings. The fraction of sp³-hybridized carbons (Fsp3) is 0.250. The average molecular weight is 393 g/mol. The number of hydrogen-bond acceptors (Lipinski definition) is 4. The fourth-order valence-electron chi connectivity index (χ4n) is 3.26. The fourth-order valence-corrected chi connectivity index (χ4v) is 5.40. The van der Waals surface area contributed by atoms with Gasteiger partial charge in [0.05, 0.1) is 26.8 Å². The van der Waals surface area contributed by atoms with Crippen molar-refractivity contribution in [2.45, 2.75) is 29.9 Å². The first-order valence-electron chi connectivity index (χ1n) is 8.88. The van der Waals surface area contributed by atoms with Crippen molar-refractivity contribution in [3.8, 4) is 16.9 Å². The molecule has 1 saturated carbocycles. The van der Waals surface area contributed by atoms with Crippen LogP contribution < -0.4 is 5.56 Å². The second kappa shape index (κ2) is 6.77. The number of aromatic nitrogens is 3. The molecule has 142 valence electrons. The van der Waals surface area contributed by atoms with Crippen LogP contribution in [0, 0.1) is 13.5 Å². The van der Waals surface area contributed by atoms with Crippen LogP contribution in [0.1, 0.15) is 18.5 Å². The summed E-state index contributed by atoms with van der Waals surface area (Å²) in [7, 11) is -0.850. The summed E-state index contributed by atoms with van der Waals surface area (Å²) in [6, 6.07) is 10.3. The molecule has 1 N–H and O–H groups in total. The highest BCUT2D eigenvalue weighted by Gasteiger charge is 2.34. The van der Waals surface area contributed by atoms with E-state index in [0.29, 0.717) is 27.7 Å². The van der Waals surface area contributed by atoms with Crippen molar-refractivity contribution in [1.82, 2.24) is 14.8 Å². The van der Waals surface area contributed by atoms with E-state index < -0.39 is 9.73 Å². The third kappa shape index (κ3) is 2.94. The lowest BCUT2D eigenvalue weighted by molar-refractivity contribution is 0.674. The van der Waals surface area contributed by atoms with E-state index in [4.69, 9.17) is 6.57 Å². The van der Waals surface area contributed by atoms with Crippen LogP contribution in [0.4, 0.5) is 5.69 Å². The second-order valence-electron chi connectivity index (χ2n) is 6.71. The topological polar surface area (TPSA) is 84.5 Å². The molecule has 2 aromatic heterocycles. The minimum atomic E-state index is -2.43. The number of rotatable bonds is 4. The molecule has 0 radical (unpaired) electrons. The first-order chi connectivity index (χ1) is 13.5. The molecule has 0 saturated heterocycles. The molecule has 2 heterocycles. The molecule has 0 bridgehead atoms. The van der Waals surface area contributed by atoms with Crippen molar-refractivity contribution < 1.29 is 4.21 Å². The third-order valence-electron chi connectivity index (χ3n) is 4.89. The molecule has 1 aliphatic carbocycles. The minimum absolute atomic E-state index is 0.102. The van der Waals surface area contributed by atoms with E-state index in [9.17, 15) is 9.00 Å². The summed E-state index contributed by atoms with van der Waals surface area (Å²) in [6.07, 6.45) is 3.39. The Hall–Kier alpha value is -3.18. The predicted octanol–water partition coefficient (Wildman–Crippen LogP) is 3.71. The largest absolute Gasteiger partial charge is 0.293 e. The number of aromatic amines is 1. The van der Waals surface area contributed by atoms with Gasteiger partial charge in [0.15, 0.2) is 11.5 Å². The number of hydrogen-bond donors (Lipinski definition) is 1. The van der Waals surface area contributed by atoms with Gasteiger partial charge in [-0.15, -0.1) is 0 Å². The second-order valence-corrected chi connectivity index (χ2v) is 9.35.